The van der Waals surface area contributed by atoms with E-state index in [4.69, 9.17) is 4.74 Å². The second-order valence-corrected chi connectivity index (χ2v) is 10.6. The monoisotopic (exact) mass is 546 g/mol. The Labute approximate surface area is 224 Å². The highest BCUT2D eigenvalue weighted by atomic mass is 19.4. The standard InChI is InChI=1S/C27H33F3N6O3/c1-17-3-4-18(12-31-17)26(38)9-7-20(8-10-26)36-14-19(15-36)33-24(37)13-32-25-22-11-21(39-16-27(28,29)30)5-6-23(22)35(2)34-25/h3-6,11-12,19-20,38H,7-10,13-16H2,1-2H3,(H,32,34)(H,33,37)/t20-,26-. The van der Waals surface area contributed by atoms with E-state index in [2.05, 4.69) is 25.6 Å². The zero-order chi connectivity index (χ0) is 27.8. The zero-order valence-electron chi connectivity index (χ0n) is 22.0. The van der Waals surface area contributed by atoms with Gasteiger partial charge in [0.1, 0.15) is 5.75 Å². The van der Waals surface area contributed by atoms with E-state index >= 15 is 0 Å². The predicted molar refractivity (Wildman–Crippen MR) is 139 cm³/mol. The van der Waals surface area contributed by atoms with Gasteiger partial charge in [-0.25, -0.2) is 0 Å². The molecule has 2 aromatic heterocycles. The summed E-state index contributed by atoms with van der Waals surface area (Å²) in [4.78, 5) is 19.2. The summed E-state index contributed by atoms with van der Waals surface area (Å²) in [5.74, 6) is 0.285. The zero-order valence-corrected chi connectivity index (χ0v) is 22.0. The number of carbonyl (C=O) groups is 1. The van der Waals surface area contributed by atoms with Crippen molar-refractivity contribution in [2.24, 2.45) is 7.05 Å². The third kappa shape index (κ3) is 6.27. The van der Waals surface area contributed by atoms with Crippen molar-refractivity contribution in [1.82, 2.24) is 25.0 Å². The number of carbonyl (C=O) groups excluding carboxylic acids is 1. The lowest BCUT2D eigenvalue weighted by atomic mass is 9.77. The molecule has 1 amide bonds. The average Bonchev–Trinajstić information content (AvgIpc) is 3.19. The van der Waals surface area contributed by atoms with E-state index in [1.165, 1.54) is 12.1 Å². The Bertz CT molecular complexity index is 1310. The van der Waals surface area contributed by atoms with Crippen LogP contribution in [0.2, 0.25) is 0 Å². The second-order valence-electron chi connectivity index (χ2n) is 10.6. The molecule has 0 atom stereocenters. The Kier molecular flexibility index (Phi) is 7.43. The molecular weight excluding hydrogens is 513 g/mol. The minimum Gasteiger partial charge on any atom is -0.484 e. The maximum atomic E-state index is 12.6. The number of aryl methyl sites for hydroxylation is 2. The van der Waals surface area contributed by atoms with Crippen molar-refractivity contribution in [3.63, 3.8) is 0 Å². The Morgan fingerprint density at radius 1 is 1.21 bits per heavy atom. The molecule has 1 saturated carbocycles. The van der Waals surface area contributed by atoms with Gasteiger partial charge in [-0.1, -0.05) is 6.07 Å². The minimum absolute atomic E-state index is 0.0166. The van der Waals surface area contributed by atoms with Gasteiger partial charge in [-0.05, 0) is 56.9 Å². The van der Waals surface area contributed by atoms with Crippen LogP contribution in [0.25, 0.3) is 10.9 Å². The fraction of sp³-hybridized carbons (Fsp3) is 0.519. The number of aliphatic hydroxyl groups is 1. The lowest BCUT2D eigenvalue weighted by Gasteiger charge is -2.48. The number of hydrogen-bond donors (Lipinski definition) is 3. The van der Waals surface area contributed by atoms with Crippen LogP contribution < -0.4 is 15.4 Å². The van der Waals surface area contributed by atoms with E-state index in [1.54, 1.807) is 24.0 Å². The first kappa shape index (κ1) is 27.2. The number of pyridine rings is 1. The number of ether oxygens (including phenoxy) is 1. The highest BCUT2D eigenvalue weighted by Crippen LogP contribution is 2.39. The number of aromatic nitrogens is 3. The van der Waals surface area contributed by atoms with E-state index in [0.29, 0.717) is 35.6 Å². The van der Waals surface area contributed by atoms with Crippen molar-refractivity contribution in [2.45, 2.75) is 56.5 Å². The van der Waals surface area contributed by atoms with Gasteiger partial charge < -0.3 is 20.5 Å². The van der Waals surface area contributed by atoms with Gasteiger partial charge in [-0.3, -0.25) is 19.4 Å². The number of hydrogen-bond acceptors (Lipinski definition) is 7. The first-order chi connectivity index (χ1) is 18.5. The van der Waals surface area contributed by atoms with Crippen LogP contribution in [-0.4, -0.2) is 75.2 Å². The molecule has 1 aliphatic carbocycles. The number of amides is 1. The van der Waals surface area contributed by atoms with Crippen molar-refractivity contribution >= 4 is 22.6 Å². The number of nitrogens with one attached hydrogen (secondary N) is 2. The maximum Gasteiger partial charge on any atom is 0.422 e. The summed E-state index contributed by atoms with van der Waals surface area (Å²) in [5.41, 5.74) is 1.67. The normalized spacial score (nSPS) is 22.5. The fourth-order valence-electron chi connectivity index (χ4n) is 5.45. The van der Waals surface area contributed by atoms with Crippen LogP contribution in [0.15, 0.2) is 36.5 Å². The molecular formula is C27H33F3N6O3. The SMILES string of the molecule is Cc1ccc([C@]2(O)CC[C@H](N3CC(NC(=O)CNc4nn(C)c5ccc(OCC(F)(F)F)cc45)C3)CC2)cn1. The van der Waals surface area contributed by atoms with Gasteiger partial charge in [-0.2, -0.15) is 18.3 Å². The van der Waals surface area contributed by atoms with Gasteiger partial charge in [-0.15, -0.1) is 0 Å². The van der Waals surface area contributed by atoms with Crippen LogP contribution >= 0.6 is 0 Å². The molecule has 210 valence electrons. The Balaban J connectivity index is 1.08. The fourth-order valence-corrected chi connectivity index (χ4v) is 5.45. The van der Waals surface area contributed by atoms with Crippen molar-refractivity contribution in [3.05, 3.63) is 47.8 Å². The molecule has 3 N–H and O–H groups in total. The number of alkyl halides is 3. The summed E-state index contributed by atoms with van der Waals surface area (Å²) in [7, 11) is 1.72. The third-order valence-corrected chi connectivity index (χ3v) is 7.66. The molecule has 3 aromatic rings. The smallest absolute Gasteiger partial charge is 0.422 e. The molecule has 1 saturated heterocycles. The summed E-state index contributed by atoms with van der Waals surface area (Å²) in [6.07, 6.45) is 0.469. The number of fused-ring (bicyclic) bond motifs is 1. The van der Waals surface area contributed by atoms with Crippen LogP contribution in [0, 0.1) is 6.92 Å². The molecule has 0 spiro atoms. The Morgan fingerprint density at radius 3 is 2.62 bits per heavy atom. The van der Waals surface area contributed by atoms with Crippen LogP contribution in [0.3, 0.4) is 0 Å². The topological polar surface area (TPSA) is 105 Å². The molecule has 2 aliphatic rings. The van der Waals surface area contributed by atoms with E-state index < -0.39 is 18.4 Å². The summed E-state index contributed by atoms with van der Waals surface area (Å²) >= 11 is 0. The van der Waals surface area contributed by atoms with Gasteiger partial charge in [0, 0.05) is 49.0 Å². The number of rotatable bonds is 8. The van der Waals surface area contributed by atoms with Crippen molar-refractivity contribution < 1.29 is 27.8 Å². The van der Waals surface area contributed by atoms with Gasteiger partial charge in [0.15, 0.2) is 12.4 Å². The number of likely N-dealkylation sites (tertiary alicyclic amines) is 1. The van der Waals surface area contributed by atoms with Crippen molar-refractivity contribution in [1.29, 1.82) is 0 Å². The number of anilines is 1. The van der Waals surface area contributed by atoms with Gasteiger partial charge >= 0.3 is 6.18 Å². The van der Waals surface area contributed by atoms with Crippen molar-refractivity contribution in [3.8, 4) is 5.75 Å². The highest BCUT2D eigenvalue weighted by molar-refractivity contribution is 5.93. The molecule has 3 heterocycles. The number of nitrogens with zero attached hydrogens (tertiary/aromatic N) is 4. The Hall–Kier alpha value is -3.38. The summed E-state index contributed by atoms with van der Waals surface area (Å²) in [6, 6.07) is 8.89. The lowest BCUT2D eigenvalue weighted by Crippen LogP contribution is -2.63. The molecule has 2 fully saturated rings. The van der Waals surface area contributed by atoms with Gasteiger partial charge in [0.25, 0.3) is 0 Å². The summed E-state index contributed by atoms with van der Waals surface area (Å²) in [5, 5.41) is 22.0. The highest BCUT2D eigenvalue weighted by Gasteiger charge is 2.40. The summed E-state index contributed by atoms with van der Waals surface area (Å²) < 4.78 is 44.0. The number of halogens is 3. The first-order valence-electron chi connectivity index (χ1n) is 13.1. The molecule has 0 radical (unpaired) electrons. The van der Waals surface area contributed by atoms with Crippen LogP contribution in [0.5, 0.6) is 5.75 Å². The third-order valence-electron chi connectivity index (χ3n) is 7.66. The van der Waals surface area contributed by atoms with Crippen molar-refractivity contribution in [2.75, 3.05) is 31.6 Å². The quantitative estimate of drug-likeness (QED) is 0.399. The molecule has 39 heavy (non-hydrogen) atoms. The van der Waals surface area contributed by atoms with E-state index in [0.717, 1.165) is 37.2 Å². The lowest BCUT2D eigenvalue weighted by molar-refractivity contribution is -0.153. The van der Waals surface area contributed by atoms with E-state index in [-0.39, 0.29) is 24.2 Å². The molecule has 0 bridgehead atoms. The number of benzene rings is 1. The summed E-state index contributed by atoms with van der Waals surface area (Å²) in [6.45, 7) is 2.04. The molecule has 12 heteroatoms. The van der Waals surface area contributed by atoms with E-state index in [1.807, 2.05) is 19.1 Å². The van der Waals surface area contributed by atoms with Crippen LogP contribution in [0.1, 0.15) is 36.9 Å². The van der Waals surface area contributed by atoms with Crippen LogP contribution in [-0.2, 0) is 17.4 Å². The maximum absolute atomic E-state index is 12.6. The van der Waals surface area contributed by atoms with Gasteiger partial charge in [0.2, 0.25) is 5.91 Å². The first-order valence-corrected chi connectivity index (χ1v) is 13.1. The molecule has 1 aliphatic heterocycles. The van der Waals surface area contributed by atoms with Crippen LogP contribution in [0.4, 0.5) is 19.0 Å². The molecule has 9 nitrogen and oxygen atoms in total. The second kappa shape index (κ2) is 10.6. The largest absolute Gasteiger partial charge is 0.484 e. The predicted octanol–water partition coefficient (Wildman–Crippen LogP) is 3.26. The minimum atomic E-state index is -4.43. The molecule has 0 unspecified atom stereocenters. The van der Waals surface area contributed by atoms with Gasteiger partial charge in [0.05, 0.1) is 23.7 Å². The molecule has 5 rings (SSSR count). The van der Waals surface area contributed by atoms with E-state index in [9.17, 15) is 23.1 Å². The average molecular weight is 547 g/mol. The Morgan fingerprint density at radius 2 is 1.95 bits per heavy atom. The molecule has 1 aromatic carbocycles.